The van der Waals surface area contributed by atoms with Crippen LogP contribution in [0.1, 0.15) is 33.6 Å². The van der Waals surface area contributed by atoms with Crippen molar-refractivity contribution in [1.29, 1.82) is 0 Å². The lowest BCUT2D eigenvalue weighted by Gasteiger charge is -2.22. The molecule has 1 amide bonds. The molecule has 1 N–H and O–H groups in total. The molecule has 0 heterocycles. The summed E-state index contributed by atoms with van der Waals surface area (Å²) in [5, 5.41) is 2.74. The predicted octanol–water partition coefficient (Wildman–Crippen LogP) is 0.601. The molecule has 0 fully saturated rings. The Kier molecular flexibility index (Phi) is 8.79. The average Bonchev–Trinajstić information content (AvgIpc) is 2.34. The Labute approximate surface area is 120 Å². The van der Waals surface area contributed by atoms with E-state index in [1.54, 1.807) is 7.05 Å². The van der Waals surface area contributed by atoms with E-state index in [-0.39, 0.29) is 30.1 Å². The minimum Gasteiger partial charge on any atom is -0.469 e. The first kappa shape index (κ1) is 18.6. The Morgan fingerprint density at radius 2 is 1.85 bits per heavy atom. The zero-order chi connectivity index (χ0) is 15.7. The molecule has 116 valence electrons. The van der Waals surface area contributed by atoms with E-state index in [2.05, 4.69) is 10.1 Å². The van der Waals surface area contributed by atoms with Crippen molar-refractivity contribution in [2.75, 3.05) is 27.2 Å². The van der Waals surface area contributed by atoms with Gasteiger partial charge < -0.3 is 10.1 Å². The van der Waals surface area contributed by atoms with Crippen LogP contribution < -0.4 is 5.32 Å². The van der Waals surface area contributed by atoms with Gasteiger partial charge in [-0.2, -0.15) is 0 Å². The van der Waals surface area contributed by atoms with E-state index in [0.29, 0.717) is 19.4 Å². The number of rotatable bonds is 9. The van der Waals surface area contributed by atoms with Crippen molar-refractivity contribution < 1.29 is 19.1 Å². The Morgan fingerprint density at radius 1 is 1.25 bits per heavy atom. The largest absolute Gasteiger partial charge is 0.469 e. The number of amides is 1. The molecule has 0 rings (SSSR count). The molecule has 1 unspecified atom stereocenters. The Morgan fingerprint density at radius 3 is 2.30 bits per heavy atom. The van der Waals surface area contributed by atoms with Crippen LogP contribution in [0.4, 0.5) is 0 Å². The fourth-order valence-electron chi connectivity index (χ4n) is 1.88. The van der Waals surface area contributed by atoms with Gasteiger partial charge in [-0.15, -0.1) is 0 Å². The lowest BCUT2D eigenvalue weighted by atomic mass is 10.0. The number of nitrogens with one attached hydrogen (secondary N) is 1. The average molecular weight is 286 g/mol. The molecule has 0 aliphatic carbocycles. The van der Waals surface area contributed by atoms with Gasteiger partial charge in [0.15, 0.2) is 5.78 Å². The molecule has 0 aromatic rings. The highest BCUT2D eigenvalue weighted by Crippen LogP contribution is 2.03. The summed E-state index contributed by atoms with van der Waals surface area (Å²) in [6.07, 6.45) is 0.974. The summed E-state index contributed by atoms with van der Waals surface area (Å²) in [6.45, 7) is 6.09. The third-order valence-corrected chi connectivity index (χ3v) is 2.98. The fourth-order valence-corrected chi connectivity index (χ4v) is 1.88. The van der Waals surface area contributed by atoms with Crippen LogP contribution in [0.2, 0.25) is 0 Å². The normalized spacial score (nSPS) is 12.3. The summed E-state index contributed by atoms with van der Waals surface area (Å²) in [5.74, 6) is -0.401. The van der Waals surface area contributed by atoms with Gasteiger partial charge in [-0.25, -0.2) is 0 Å². The van der Waals surface area contributed by atoms with Gasteiger partial charge in [-0.1, -0.05) is 13.8 Å². The molecule has 0 saturated heterocycles. The standard InChI is InChI=1S/C14H26N2O4/c1-10(2)14(11(3)17)15-12(18)9-16(4)8-6-7-13(19)20-5/h10,14H,6-9H2,1-5H3,(H,15,18). The van der Waals surface area contributed by atoms with Crippen LogP contribution in [0.5, 0.6) is 0 Å². The topological polar surface area (TPSA) is 75.7 Å². The first-order valence-electron chi connectivity index (χ1n) is 6.83. The molecule has 0 aliphatic heterocycles. The predicted molar refractivity (Wildman–Crippen MR) is 76.2 cm³/mol. The molecule has 0 aliphatic rings. The van der Waals surface area contributed by atoms with Gasteiger partial charge in [0.25, 0.3) is 0 Å². The van der Waals surface area contributed by atoms with Gasteiger partial charge in [0, 0.05) is 6.42 Å². The summed E-state index contributed by atoms with van der Waals surface area (Å²) >= 11 is 0. The number of hydrogen-bond acceptors (Lipinski definition) is 5. The van der Waals surface area contributed by atoms with E-state index >= 15 is 0 Å². The van der Waals surface area contributed by atoms with Gasteiger partial charge in [0.05, 0.1) is 19.7 Å². The van der Waals surface area contributed by atoms with E-state index in [1.165, 1.54) is 14.0 Å². The molecule has 0 aromatic carbocycles. The smallest absolute Gasteiger partial charge is 0.305 e. The number of Topliss-reactive ketones (excluding diaryl/α,β-unsaturated/α-hetero) is 1. The van der Waals surface area contributed by atoms with Crippen molar-refractivity contribution in [3.63, 3.8) is 0 Å². The number of likely N-dealkylation sites (N-methyl/N-ethyl adjacent to an activating group) is 1. The van der Waals surface area contributed by atoms with E-state index < -0.39 is 6.04 Å². The lowest BCUT2D eigenvalue weighted by molar-refractivity contribution is -0.140. The van der Waals surface area contributed by atoms with Crippen molar-refractivity contribution in [3.8, 4) is 0 Å². The van der Waals surface area contributed by atoms with Crippen LogP contribution >= 0.6 is 0 Å². The van der Waals surface area contributed by atoms with Gasteiger partial charge >= 0.3 is 5.97 Å². The molecule has 20 heavy (non-hydrogen) atoms. The minimum atomic E-state index is -0.439. The number of nitrogens with zero attached hydrogens (tertiary/aromatic N) is 1. The third kappa shape index (κ3) is 7.89. The Balaban J connectivity index is 4.06. The summed E-state index contributed by atoms with van der Waals surface area (Å²) in [6, 6.07) is -0.439. The summed E-state index contributed by atoms with van der Waals surface area (Å²) in [4.78, 5) is 36.0. The SMILES string of the molecule is COC(=O)CCCN(C)CC(=O)NC(C(C)=O)C(C)C. The maximum Gasteiger partial charge on any atom is 0.305 e. The Hall–Kier alpha value is -1.43. The highest BCUT2D eigenvalue weighted by Gasteiger charge is 2.20. The molecule has 0 radical (unpaired) electrons. The minimum absolute atomic E-state index is 0.0401. The van der Waals surface area contributed by atoms with Gasteiger partial charge in [0.2, 0.25) is 5.91 Å². The molecule has 6 nitrogen and oxygen atoms in total. The second kappa shape index (κ2) is 9.47. The second-order valence-electron chi connectivity index (χ2n) is 5.32. The number of ether oxygens (including phenoxy) is 1. The summed E-state index contributed by atoms with van der Waals surface area (Å²) in [7, 11) is 3.16. The second-order valence-corrected chi connectivity index (χ2v) is 5.32. The number of esters is 1. The monoisotopic (exact) mass is 286 g/mol. The van der Waals surface area contributed by atoms with Crippen LogP contribution in [0, 0.1) is 5.92 Å². The van der Waals surface area contributed by atoms with Gasteiger partial charge in [0.1, 0.15) is 0 Å². The lowest BCUT2D eigenvalue weighted by Crippen LogP contribution is -2.47. The zero-order valence-electron chi connectivity index (χ0n) is 13.1. The van der Waals surface area contributed by atoms with Crippen LogP contribution in [0.25, 0.3) is 0 Å². The first-order chi connectivity index (χ1) is 9.27. The molecule has 6 heteroatoms. The summed E-state index contributed by atoms with van der Waals surface area (Å²) in [5.41, 5.74) is 0. The van der Waals surface area contributed by atoms with Crippen LogP contribution in [-0.2, 0) is 19.1 Å². The molecule has 0 aromatic heterocycles. The Bertz CT molecular complexity index is 342. The summed E-state index contributed by atoms with van der Waals surface area (Å²) < 4.78 is 4.54. The molecular weight excluding hydrogens is 260 g/mol. The highest BCUT2D eigenvalue weighted by atomic mass is 16.5. The third-order valence-electron chi connectivity index (χ3n) is 2.98. The van der Waals surface area contributed by atoms with E-state index in [4.69, 9.17) is 0 Å². The molecule has 0 saturated carbocycles. The molecule has 0 spiro atoms. The number of hydrogen-bond donors (Lipinski definition) is 1. The van der Waals surface area contributed by atoms with Crippen molar-refractivity contribution in [2.45, 2.75) is 39.7 Å². The number of carbonyl (C=O) groups excluding carboxylic acids is 3. The van der Waals surface area contributed by atoms with Gasteiger partial charge in [-0.3, -0.25) is 19.3 Å². The van der Waals surface area contributed by atoms with Crippen molar-refractivity contribution in [3.05, 3.63) is 0 Å². The number of ketones is 1. The van der Waals surface area contributed by atoms with Crippen molar-refractivity contribution in [2.24, 2.45) is 5.92 Å². The molecule has 0 bridgehead atoms. The van der Waals surface area contributed by atoms with Crippen LogP contribution in [-0.4, -0.2) is 55.8 Å². The van der Waals surface area contributed by atoms with Crippen LogP contribution in [0.3, 0.4) is 0 Å². The van der Waals surface area contributed by atoms with Crippen LogP contribution in [0.15, 0.2) is 0 Å². The number of methoxy groups -OCH3 is 1. The highest BCUT2D eigenvalue weighted by molar-refractivity contribution is 5.88. The van der Waals surface area contributed by atoms with E-state index in [9.17, 15) is 14.4 Å². The molecular formula is C14H26N2O4. The van der Waals surface area contributed by atoms with E-state index in [0.717, 1.165) is 0 Å². The van der Waals surface area contributed by atoms with Crippen molar-refractivity contribution >= 4 is 17.7 Å². The quantitative estimate of drug-likeness (QED) is 0.628. The van der Waals surface area contributed by atoms with E-state index in [1.807, 2.05) is 18.7 Å². The maximum atomic E-state index is 11.8. The fraction of sp³-hybridized carbons (Fsp3) is 0.786. The molecule has 1 atom stereocenters. The zero-order valence-corrected chi connectivity index (χ0v) is 13.1. The van der Waals surface area contributed by atoms with Gasteiger partial charge in [-0.05, 0) is 32.9 Å². The number of carbonyl (C=O) groups is 3. The van der Waals surface area contributed by atoms with Crippen molar-refractivity contribution in [1.82, 2.24) is 10.2 Å². The first-order valence-corrected chi connectivity index (χ1v) is 6.83. The maximum absolute atomic E-state index is 11.8.